The largest absolute Gasteiger partial charge is 0.355 e. The van der Waals surface area contributed by atoms with Gasteiger partial charge in [-0.15, -0.1) is 0 Å². The van der Waals surface area contributed by atoms with Gasteiger partial charge in [-0.1, -0.05) is 6.92 Å². The molecule has 1 aliphatic heterocycles. The minimum Gasteiger partial charge on any atom is -0.355 e. The van der Waals surface area contributed by atoms with E-state index in [1.165, 1.54) is 38.5 Å². The van der Waals surface area contributed by atoms with Gasteiger partial charge in [-0.05, 0) is 65.0 Å². The molecule has 1 atom stereocenters. The van der Waals surface area contributed by atoms with Crippen molar-refractivity contribution in [3.05, 3.63) is 0 Å². The van der Waals surface area contributed by atoms with Gasteiger partial charge < -0.3 is 10.6 Å². The number of carbonyl (C=O) groups is 1. The summed E-state index contributed by atoms with van der Waals surface area (Å²) in [6.07, 6.45) is 9.49. The van der Waals surface area contributed by atoms with Crippen molar-refractivity contribution in [2.24, 2.45) is 0 Å². The van der Waals surface area contributed by atoms with Crippen LogP contribution in [0.4, 0.5) is 0 Å². The average Bonchev–Trinajstić information content (AvgIpc) is 2.69. The Morgan fingerprint density at radius 3 is 2.65 bits per heavy atom. The SMILES string of the molecule is CCCNC1CCC(N(C)C2CCCCNC2=O)CC1. The maximum Gasteiger partial charge on any atom is 0.237 e. The van der Waals surface area contributed by atoms with Crippen LogP contribution in [0.3, 0.4) is 0 Å². The van der Waals surface area contributed by atoms with E-state index in [4.69, 9.17) is 0 Å². The van der Waals surface area contributed by atoms with Gasteiger partial charge in [0.15, 0.2) is 0 Å². The fourth-order valence-corrected chi connectivity index (χ4v) is 3.60. The molecule has 1 unspecified atom stereocenters. The summed E-state index contributed by atoms with van der Waals surface area (Å²) in [6.45, 7) is 4.21. The van der Waals surface area contributed by atoms with Crippen molar-refractivity contribution >= 4 is 5.91 Å². The second kappa shape index (κ2) is 7.99. The Kier molecular flexibility index (Phi) is 6.30. The Morgan fingerprint density at radius 1 is 1.20 bits per heavy atom. The van der Waals surface area contributed by atoms with E-state index < -0.39 is 0 Å². The smallest absolute Gasteiger partial charge is 0.237 e. The van der Waals surface area contributed by atoms with Crippen LogP contribution < -0.4 is 10.6 Å². The van der Waals surface area contributed by atoms with Crippen molar-refractivity contribution in [2.45, 2.75) is 76.4 Å². The normalized spacial score (nSPS) is 31.9. The van der Waals surface area contributed by atoms with E-state index in [-0.39, 0.29) is 11.9 Å². The van der Waals surface area contributed by atoms with Gasteiger partial charge >= 0.3 is 0 Å². The Balaban J connectivity index is 1.81. The summed E-state index contributed by atoms with van der Waals surface area (Å²) in [5, 5.41) is 6.69. The molecule has 2 aliphatic rings. The Bertz CT molecular complexity index is 300. The van der Waals surface area contributed by atoms with Crippen LogP contribution in [0.25, 0.3) is 0 Å². The summed E-state index contributed by atoms with van der Waals surface area (Å²) in [5.41, 5.74) is 0. The summed E-state index contributed by atoms with van der Waals surface area (Å²) in [5.74, 6) is 0.247. The van der Waals surface area contributed by atoms with Crippen LogP contribution in [-0.2, 0) is 4.79 Å². The van der Waals surface area contributed by atoms with Gasteiger partial charge in [0.2, 0.25) is 5.91 Å². The molecule has 4 heteroatoms. The molecule has 1 heterocycles. The maximum absolute atomic E-state index is 12.1. The van der Waals surface area contributed by atoms with Gasteiger partial charge in [0.1, 0.15) is 0 Å². The fourth-order valence-electron chi connectivity index (χ4n) is 3.60. The standard InChI is InChI=1S/C16H31N3O/c1-3-11-17-13-7-9-14(10-8-13)19(2)15-6-4-5-12-18-16(15)20/h13-15,17H,3-12H2,1-2H3,(H,18,20). The predicted octanol–water partition coefficient (Wildman–Crippen LogP) is 1.90. The number of nitrogens with one attached hydrogen (secondary N) is 2. The Labute approximate surface area is 123 Å². The zero-order chi connectivity index (χ0) is 14.4. The van der Waals surface area contributed by atoms with Crippen molar-refractivity contribution in [1.82, 2.24) is 15.5 Å². The van der Waals surface area contributed by atoms with Crippen LogP contribution in [0.5, 0.6) is 0 Å². The van der Waals surface area contributed by atoms with Gasteiger partial charge in [-0.3, -0.25) is 9.69 Å². The molecule has 1 aliphatic carbocycles. The predicted molar refractivity (Wildman–Crippen MR) is 82.7 cm³/mol. The maximum atomic E-state index is 12.1. The highest BCUT2D eigenvalue weighted by molar-refractivity contribution is 5.81. The lowest BCUT2D eigenvalue weighted by molar-refractivity contribution is -0.126. The third-order valence-electron chi connectivity index (χ3n) is 4.95. The fraction of sp³-hybridized carbons (Fsp3) is 0.938. The van der Waals surface area contributed by atoms with E-state index in [2.05, 4.69) is 29.5 Å². The highest BCUT2D eigenvalue weighted by Gasteiger charge is 2.31. The number of rotatable bonds is 5. The van der Waals surface area contributed by atoms with E-state index in [1.807, 2.05) is 0 Å². The molecule has 0 spiro atoms. The molecule has 1 saturated heterocycles. The lowest BCUT2D eigenvalue weighted by Crippen LogP contribution is -2.50. The van der Waals surface area contributed by atoms with Crippen LogP contribution >= 0.6 is 0 Å². The monoisotopic (exact) mass is 281 g/mol. The lowest BCUT2D eigenvalue weighted by atomic mass is 9.89. The molecule has 4 nitrogen and oxygen atoms in total. The summed E-state index contributed by atoms with van der Waals surface area (Å²) < 4.78 is 0. The lowest BCUT2D eigenvalue weighted by Gasteiger charge is -2.38. The van der Waals surface area contributed by atoms with Crippen molar-refractivity contribution in [3.8, 4) is 0 Å². The molecule has 2 rings (SSSR count). The van der Waals surface area contributed by atoms with Crippen molar-refractivity contribution in [3.63, 3.8) is 0 Å². The number of amides is 1. The third kappa shape index (κ3) is 4.19. The van der Waals surface area contributed by atoms with Gasteiger partial charge in [0.25, 0.3) is 0 Å². The molecule has 1 amide bonds. The first-order valence-corrected chi connectivity index (χ1v) is 8.45. The number of hydrogen-bond acceptors (Lipinski definition) is 3. The van der Waals surface area contributed by atoms with Gasteiger partial charge in [-0.25, -0.2) is 0 Å². The summed E-state index contributed by atoms with van der Waals surface area (Å²) in [6, 6.07) is 1.38. The summed E-state index contributed by atoms with van der Waals surface area (Å²) in [7, 11) is 2.15. The van der Waals surface area contributed by atoms with Crippen LogP contribution in [0, 0.1) is 0 Å². The molecule has 0 radical (unpaired) electrons. The molecular weight excluding hydrogens is 250 g/mol. The minimum absolute atomic E-state index is 0.0997. The molecule has 2 fully saturated rings. The Morgan fingerprint density at radius 2 is 1.95 bits per heavy atom. The van der Waals surface area contributed by atoms with Crippen molar-refractivity contribution < 1.29 is 4.79 Å². The third-order valence-corrected chi connectivity index (χ3v) is 4.95. The minimum atomic E-state index is 0.0997. The number of hydrogen-bond donors (Lipinski definition) is 2. The second-order valence-electron chi connectivity index (χ2n) is 6.43. The topological polar surface area (TPSA) is 44.4 Å². The van der Waals surface area contributed by atoms with Crippen LogP contribution in [0.2, 0.25) is 0 Å². The Hall–Kier alpha value is -0.610. The first-order valence-electron chi connectivity index (χ1n) is 8.45. The van der Waals surface area contributed by atoms with Crippen LogP contribution in [-0.4, -0.2) is 49.1 Å². The van der Waals surface area contributed by atoms with Gasteiger partial charge in [0.05, 0.1) is 6.04 Å². The van der Waals surface area contributed by atoms with Crippen LogP contribution in [0.1, 0.15) is 58.3 Å². The highest BCUT2D eigenvalue weighted by Crippen LogP contribution is 2.25. The summed E-state index contributed by atoms with van der Waals surface area (Å²) in [4.78, 5) is 14.5. The molecule has 1 saturated carbocycles. The van der Waals surface area contributed by atoms with E-state index in [0.717, 1.165) is 25.9 Å². The molecule has 116 valence electrons. The summed E-state index contributed by atoms with van der Waals surface area (Å²) >= 11 is 0. The highest BCUT2D eigenvalue weighted by atomic mass is 16.2. The molecule has 20 heavy (non-hydrogen) atoms. The molecule has 2 N–H and O–H groups in total. The van der Waals surface area contributed by atoms with E-state index >= 15 is 0 Å². The van der Waals surface area contributed by atoms with E-state index in [0.29, 0.717) is 12.1 Å². The first-order chi connectivity index (χ1) is 9.72. The molecular formula is C16H31N3O. The zero-order valence-corrected chi connectivity index (χ0v) is 13.2. The average molecular weight is 281 g/mol. The molecule has 0 bridgehead atoms. The van der Waals surface area contributed by atoms with Crippen LogP contribution in [0.15, 0.2) is 0 Å². The van der Waals surface area contributed by atoms with Crippen molar-refractivity contribution in [1.29, 1.82) is 0 Å². The second-order valence-corrected chi connectivity index (χ2v) is 6.43. The quantitative estimate of drug-likeness (QED) is 0.809. The molecule has 0 aromatic carbocycles. The number of likely N-dealkylation sites (N-methyl/N-ethyl adjacent to an activating group) is 1. The molecule has 0 aromatic heterocycles. The molecule has 0 aromatic rings. The van der Waals surface area contributed by atoms with E-state index in [9.17, 15) is 4.79 Å². The van der Waals surface area contributed by atoms with Gasteiger partial charge in [-0.2, -0.15) is 0 Å². The number of carbonyl (C=O) groups excluding carboxylic acids is 1. The van der Waals surface area contributed by atoms with E-state index in [1.54, 1.807) is 0 Å². The zero-order valence-electron chi connectivity index (χ0n) is 13.2. The first kappa shape index (κ1) is 15.8. The number of nitrogens with zero attached hydrogens (tertiary/aromatic N) is 1. The van der Waals surface area contributed by atoms with Crippen molar-refractivity contribution in [2.75, 3.05) is 20.1 Å². The van der Waals surface area contributed by atoms with Gasteiger partial charge in [0, 0.05) is 18.6 Å².